The zero-order valence-electron chi connectivity index (χ0n) is 9.81. The fourth-order valence-electron chi connectivity index (χ4n) is 2.37. The predicted molar refractivity (Wildman–Crippen MR) is 68.3 cm³/mol. The Labute approximate surface area is 112 Å². The Bertz CT molecular complexity index is 511. The highest BCUT2D eigenvalue weighted by molar-refractivity contribution is 9.10. The highest BCUT2D eigenvalue weighted by Gasteiger charge is 2.50. The van der Waals surface area contributed by atoms with E-state index >= 15 is 0 Å². The van der Waals surface area contributed by atoms with E-state index in [2.05, 4.69) is 15.9 Å². The SMILES string of the molecule is COC(=O)C1(c2ccc(Br)cc2[N+](=O)[O-])CCC1. The third-order valence-electron chi connectivity index (χ3n) is 3.46. The number of hydrogen-bond acceptors (Lipinski definition) is 4. The van der Waals surface area contributed by atoms with Crippen LogP contribution in [0.1, 0.15) is 24.8 Å². The van der Waals surface area contributed by atoms with Crippen LogP contribution in [-0.2, 0) is 14.9 Å². The van der Waals surface area contributed by atoms with E-state index < -0.39 is 10.3 Å². The van der Waals surface area contributed by atoms with Crippen LogP contribution in [0.4, 0.5) is 5.69 Å². The number of hydrogen-bond donors (Lipinski definition) is 0. The van der Waals surface area contributed by atoms with Gasteiger partial charge in [0.05, 0.1) is 17.4 Å². The van der Waals surface area contributed by atoms with Crippen LogP contribution in [0.2, 0.25) is 0 Å². The minimum Gasteiger partial charge on any atom is -0.468 e. The number of nitrogens with zero attached hydrogens (tertiary/aromatic N) is 1. The van der Waals surface area contributed by atoms with E-state index in [1.54, 1.807) is 12.1 Å². The number of carbonyl (C=O) groups is 1. The summed E-state index contributed by atoms with van der Waals surface area (Å²) in [6.07, 6.45) is 2.08. The molecule has 1 saturated carbocycles. The molecule has 0 atom stereocenters. The van der Waals surface area contributed by atoms with Gasteiger partial charge in [0.25, 0.3) is 5.69 Å². The Morgan fingerprint density at radius 1 is 1.50 bits per heavy atom. The van der Waals surface area contributed by atoms with Crippen LogP contribution in [0.15, 0.2) is 22.7 Å². The summed E-state index contributed by atoms with van der Waals surface area (Å²) < 4.78 is 5.43. The Balaban J connectivity index is 2.56. The Hall–Kier alpha value is -1.43. The molecule has 6 heteroatoms. The molecule has 2 rings (SSSR count). The van der Waals surface area contributed by atoms with Crippen LogP contribution in [0, 0.1) is 10.1 Å². The molecule has 96 valence electrons. The highest BCUT2D eigenvalue weighted by Crippen LogP contribution is 2.48. The largest absolute Gasteiger partial charge is 0.468 e. The highest BCUT2D eigenvalue weighted by atomic mass is 79.9. The monoisotopic (exact) mass is 313 g/mol. The smallest absolute Gasteiger partial charge is 0.316 e. The number of benzene rings is 1. The van der Waals surface area contributed by atoms with Gasteiger partial charge < -0.3 is 4.74 Å². The average Bonchev–Trinajstić information content (AvgIpc) is 2.28. The number of methoxy groups -OCH3 is 1. The number of esters is 1. The van der Waals surface area contributed by atoms with Gasteiger partial charge in [0.15, 0.2) is 0 Å². The molecule has 0 saturated heterocycles. The Kier molecular flexibility index (Phi) is 3.38. The lowest BCUT2D eigenvalue weighted by molar-refractivity contribution is -0.386. The summed E-state index contributed by atoms with van der Waals surface area (Å²) in [5.74, 6) is -0.390. The summed E-state index contributed by atoms with van der Waals surface area (Å²) >= 11 is 3.20. The lowest BCUT2D eigenvalue weighted by Crippen LogP contribution is -2.43. The van der Waals surface area contributed by atoms with E-state index in [4.69, 9.17) is 4.74 Å². The zero-order chi connectivity index (χ0) is 13.3. The summed E-state index contributed by atoms with van der Waals surface area (Å²) in [6.45, 7) is 0. The fourth-order valence-corrected chi connectivity index (χ4v) is 2.72. The summed E-state index contributed by atoms with van der Waals surface area (Å²) in [7, 11) is 1.31. The molecule has 0 heterocycles. The van der Waals surface area contributed by atoms with E-state index in [-0.39, 0.29) is 11.7 Å². The van der Waals surface area contributed by atoms with E-state index in [1.807, 2.05) is 0 Å². The topological polar surface area (TPSA) is 69.4 Å². The van der Waals surface area contributed by atoms with Gasteiger partial charge in [-0.3, -0.25) is 14.9 Å². The molecule has 1 aliphatic rings. The first-order chi connectivity index (χ1) is 8.51. The minimum atomic E-state index is -0.835. The van der Waals surface area contributed by atoms with Crippen molar-refractivity contribution in [1.82, 2.24) is 0 Å². The predicted octanol–water partition coefficient (Wildman–Crippen LogP) is 2.95. The second-order valence-electron chi connectivity index (χ2n) is 4.35. The van der Waals surface area contributed by atoms with Gasteiger partial charge in [-0.05, 0) is 25.0 Å². The minimum absolute atomic E-state index is 0.0329. The third kappa shape index (κ3) is 1.90. The molecule has 0 spiro atoms. The van der Waals surface area contributed by atoms with Crippen LogP contribution in [0.3, 0.4) is 0 Å². The van der Waals surface area contributed by atoms with Crippen molar-refractivity contribution in [3.05, 3.63) is 38.3 Å². The second-order valence-corrected chi connectivity index (χ2v) is 5.26. The summed E-state index contributed by atoms with van der Waals surface area (Å²) in [6, 6.07) is 4.78. The van der Waals surface area contributed by atoms with Gasteiger partial charge >= 0.3 is 5.97 Å². The molecule has 0 radical (unpaired) electrons. The number of rotatable bonds is 3. The summed E-state index contributed by atoms with van der Waals surface area (Å²) in [5, 5.41) is 11.1. The molecule has 0 aliphatic heterocycles. The number of halogens is 1. The van der Waals surface area contributed by atoms with E-state index in [0.717, 1.165) is 6.42 Å². The van der Waals surface area contributed by atoms with E-state index in [0.29, 0.717) is 22.9 Å². The summed E-state index contributed by atoms with van der Waals surface area (Å²) in [5.41, 5.74) is -0.416. The molecule has 0 amide bonds. The van der Waals surface area contributed by atoms with Gasteiger partial charge in [0, 0.05) is 16.1 Å². The number of nitro groups is 1. The van der Waals surface area contributed by atoms with Gasteiger partial charge in [-0.15, -0.1) is 0 Å². The molecular weight excluding hydrogens is 302 g/mol. The molecule has 0 aromatic heterocycles. The van der Waals surface area contributed by atoms with E-state index in [9.17, 15) is 14.9 Å². The van der Waals surface area contributed by atoms with Gasteiger partial charge in [-0.2, -0.15) is 0 Å². The maximum Gasteiger partial charge on any atom is 0.316 e. The van der Waals surface area contributed by atoms with Crippen LogP contribution >= 0.6 is 15.9 Å². The van der Waals surface area contributed by atoms with Gasteiger partial charge in [0.1, 0.15) is 0 Å². The molecule has 18 heavy (non-hydrogen) atoms. The Morgan fingerprint density at radius 3 is 2.61 bits per heavy atom. The maximum atomic E-state index is 11.9. The molecule has 0 N–H and O–H groups in total. The standard InChI is InChI=1S/C12H12BrNO4/c1-18-11(15)12(5-2-6-12)9-4-3-8(13)7-10(9)14(16)17/h3-4,7H,2,5-6H2,1H3. The van der Waals surface area contributed by atoms with Crippen molar-refractivity contribution in [3.8, 4) is 0 Å². The third-order valence-corrected chi connectivity index (χ3v) is 3.95. The Morgan fingerprint density at radius 2 is 2.17 bits per heavy atom. The quantitative estimate of drug-likeness (QED) is 0.488. The first kappa shape index (κ1) is 13.0. The van der Waals surface area contributed by atoms with Crippen molar-refractivity contribution < 1.29 is 14.5 Å². The van der Waals surface area contributed by atoms with Crippen LogP contribution in [0.25, 0.3) is 0 Å². The van der Waals surface area contributed by atoms with Crippen LogP contribution < -0.4 is 0 Å². The molecule has 1 aromatic carbocycles. The zero-order valence-corrected chi connectivity index (χ0v) is 11.4. The average molecular weight is 314 g/mol. The fraction of sp³-hybridized carbons (Fsp3) is 0.417. The number of nitro benzene ring substituents is 1. The van der Waals surface area contributed by atoms with Gasteiger partial charge in [0.2, 0.25) is 0 Å². The number of ether oxygens (including phenoxy) is 1. The molecule has 1 aromatic rings. The number of carbonyl (C=O) groups excluding carboxylic acids is 1. The molecule has 1 aliphatic carbocycles. The van der Waals surface area contributed by atoms with Crippen LogP contribution in [0.5, 0.6) is 0 Å². The van der Waals surface area contributed by atoms with Crippen LogP contribution in [-0.4, -0.2) is 18.0 Å². The first-order valence-corrected chi connectivity index (χ1v) is 6.33. The summed E-state index contributed by atoms with van der Waals surface area (Å²) in [4.78, 5) is 22.6. The lowest BCUT2D eigenvalue weighted by Gasteiger charge is -2.38. The van der Waals surface area contributed by atoms with Crippen molar-refractivity contribution in [3.63, 3.8) is 0 Å². The van der Waals surface area contributed by atoms with Gasteiger partial charge in [-0.25, -0.2) is 0 Å². The molecule has 5 nitrogen and oxygen atoms in total. The first-order valence-electron chi connectivity index (χ1n) is 5.54. The molecular formula is C12H12BrNO4. The van der Waals surface area contributed by atoms with E-state index in [1.165, 1.54) is 13.2 Å². The second kappa shape index (κ2) is 4.68. The van der Waals surface area contributed by atoms with Crippen molar-refractivity contribution in [2.24, 2.45) is 0 Å². The van der Waals surface area contributed by atoms with Gasteiger partial charge in [-0.1, -0.05) is 22.4 Å². The molecule has 0 unspecified atom stereocenters. The lowest BCUT2D eigenvalue weighted by atomic mass is 9.64. The maximum absolute atomic E-state index is 11.9. The van der Waals surface area contributed by atoms with Crippen molar-refractivity contribution in [1.29, 1.82) is 0 Å². The molecule has 1 fully saturated rings. The van der Waals surface area contributed by atoms with Crippen molar-refractivity contribution in [2.75, 3.05) is 7.11 Å². The normalized spacial score (nSPS) is 16.8. The van der Waals surface area contributed by atoms with Crippen molar-refractivity contribution >= 4 is 27.6 Å². The van der Waals surface area contributed by atoms with Crippen molar-refractivity contribution in [2.45, 2.75) is 24.7 Å². The molecule has 0 bridgehead atoms.